The van der Waals surface area contributed by atoms with E-state index in [1.54, 1.807) is 0 Å². The highest BCUT2D eigenvalue weighted by molar-refractivity contribution is 5.80. The van der Waals surface area contributed by atoms with Crippen LogP contribution in [0.25, 0.3) is 32.8 Å². The van der Waals surface area contributed by atoms with Gasteiger partial charge in [-0.1, -0.05) is 91.8 Å². The topological polar surface area (TPSA) is 19.4 Å². The third kappa shape index (κ3) is 30.9. The van der Waals surface area contributed by atoms with Gasteiger partial charge in [-0.15, -0.1) is 0 Å². The number of aryl methyl sites for hydroxylation is 1. The lowest BCUT2D eigenvalue weighted by atomic mass is 9.81. The summed E-state index contributed by atoms with van der Waals surface area (Å²) in [6, 6.07) is 38.6. The molecule has 0 spiro atoms. The van der Waals surface area contributed by atoms with Gasteiger partial charge >= 0.3 is 0 Å². The summed E-state index contributed by atoms with van der Waals surface area (Å²) in [4.78, 5) is 0. The Morgan fingerprint density at radius 2 is 0.726 bits per heavy atom. The maximum absolute atomic E-state index is 2.43. The highest BCUT2D eigenvalue weighted by Crippen LogP contribution is 2.39. The number of aromatic nitrogens is 5. The van der Waals surface area contributed by atoms with Crippen LogP contribution in [0, 0.1) is 65.3 Å². The standard InChI is InChI=1S/C14H18N2.2C13H16N.C11H24N2.C11H22N.C9H14N.4C2H6.8CH3/c1-12(2)16-10-6-14(7-11-16)13-4-8-15(3)9-5-13;1-13(2,3)14-10-6-8-11-7-4-5-9-12(11)14;1-13(2,3)14-9-8-11-6-4-5-7-12(11)10-14;1-11(2,3)13-8-5-12(4,6-9-13)7-10-13;1-11(2,3)12-7-4-10(5-8-12)6-9-12;1-9(2,3)10-7-5-4-6-8-10;4*1-2;;;;;;;;/h4-12H,1-3H3;2*4-10H,1-3H3;5-10H2,1-4H3;10H,4-9H2,1-3H3;4-8H,1-3H3;4*1-2H3;8*1H3/q+2;2*+1;+2;2*+1;;;;;8*-1. The normalized spacial score (nSPS) is 18.3. The molecule has 8 nitrogen and oxygen atoms in total. The molecule has 6 fully saturated rings. The largest absolute Gasteiger partial charge is 0.358 e. The quantitative estimate of drug-likeness (QED) is 0.0934. The average Bonchev–Trinajstić information content (AvgIpc) is 0.766. The van der Waals surface area contributed by atoms with Crippen molar-refractivity contribution in [2.45, 2.75) is 226 Å². The summed E-state index contributed by atoms with van der Waals surface area (Å²) in [6.07, 6.45) is 23.5. The van der Waals surface area contributed by atoms with E-state index in [9.17, 15) is 0 Å². The molecule has 6 aliphatic heterocycles. The third-order valence-corrected chi connectivity index (χ3v) is 18.1. The van der Waals surface area contributed by atoms with E-state index in [1.165, 1.54) is 124 Å². The molecule has 5 aromatic heterocycles. The summed E-state index contributed by atoms with van der Waals surface area (Å²) in [5.74, 6) is 1.09. The Labute approximate surface area is 595 Å². The molecule has 2 aromatic carbocycles. The zero-order valence-corrected chi connectivity index (χ0v) is 69.3. The molecule has 0 unspecified atom stereocenters. The molecule has 0 saturated carbocycles. The number of para-hydroxylation sites is 1. The fraction of sp³-hybridized carbons (Fsp3) is 0.529. The van der Waals surface area contributed by atoms with Crippen LogP contribution in [0.5, 0.6) is 0 Å². The Bertz CT molecular complexity index is 2920. The number of likely N-dealkylation sites (N-methyl/N-ethyl adjacent to an activating group) is 1. The van der Waals surface area contributed by atoms with Gasteiger partial charge < -0.3 is 72.9 Å². The zero-order chi connectivity index (χ0) is 66.1. The molecule has 0 aliphatic carbocycles. The van der Waals surface area contributed by atoms with E-state index < -0.39 is 0 Å². The number of rotatable bonds is 2. The molecule has 13 rings (SSSR count). The van der Waals surface area contributed by atoms with Gasteiger partial charge in [-0.05, 0) is 115 Å². The van der Waals surface area contributed by atoms with Gasteiger partial charge in [0.25, 0.3) is 0 Å². The van der Waals surface area contributed by atoms with E-state index in [0.29, 0.717) is 17.1 Å². The fourth-order valence-corrected chi connectivity index (χ4v) is 11.9. The Morgan fingerprint density at radius 3 is 1.09 bits per heavy atom. The van der Waals surface area contributed by atoms with E-state index >= 15 is 0 Å². The third-order valence-electron chi connectivity index (χ3n) is 18.1. The first-order valence-corrected chi connectivity index (χ1v) is 34.1. The number of hydrogen-bond donors (Lipinski definition) is 0. The second-order valence-corrected chi connectivity index (χ2v) is 29.1. The minimum atomic E-state index is 0. The van der Waals surface area contributed by atoms with Crippen LogP contribution in [0.3, 0.4) is 0 Å². The molecule has 4 bridgehead atoms. The van der Waals surface area contributed by atoms with Gasteiger partial charge in [-0.25, -0.2) is 18.3 Å². The van der Waals surface area contributed by atoms with Crippen LogP contribution in [0.4, 0.5) is 0 Å². The molecule has 0 radical (unpaired) electrons. The number of fused-ring (bicyclic) bond motifs is 8. The van der Waals surface area contributed by atoms with Crippen molar-refractivity contribution in [1.82, 2.24) is 0 Å². The Kier molecular flexibility index (Phi) is 50.7. The molecule has 0 amide bonds. The molecule has 546 valence electrons. The van der Waals surface area contributed by atoms with Gasteiger partial charge in [0.1, 0.15) is 46.3 Å². The number of benzene rings is 2. The highest BCUT2D eigenvalue weighted by atomic mass is 15.5. The summed E-state index contributed by atoms with van der Waals surface area (Å²) in [5.41, 5.74) is 5.28. The number of piperazine rings is 3. The van der Waals surface area contributed by atoms with E-state index in [1.807, 2.05) is 85.2 Å². The maximum atomic E-state index is 2.43. The van der Waals surface area contributed by atoms with E-state index in [0.717, 1.165) is 5.92 Å². The number of pyridine rings is 5. The first kappa shape index (κ1) is 103. The van der Waals surface area contributed by atoms with Gasteiger partial charge in [0, 0.05) is 128 Å². The van der Waals surface area contributed by atoms with Crippen molar-refractivity contribution in [3.63, 3.8) is 0 Å². The molecular formula is C87H158N8. The number of quaternary nitrogens is 3. The van der Waals surface area contributed by atoms with Crippen molar-refractivity contribution in [3.05, 3.63) is 224 Å². The van der Waals surface area contributed by atoms with Gasteiger partial charge in [0.2, 0.25) is 5.52 Å². The second-order valence-electron chi connectivity index (χ2n) is 29.1. The summed E-state index contributed by atoms with van der Waals surface area (Å²) >= 11 is 0. The van der Waals surface area contributed by atoms with E-state index in [2.05, 4.69) is 290 Å². The number of piperidine rings is 3. The lowest BCUT2D eigenvalue weighted by molar-refractivity contribution is -1.09. The highest BCUT2D eigenvalue weighted by Gasteiger charge is 2.52. The van der Waals surface area contributed by atoms with Crippen LogP contribution in [0.1, 0.15) is 198 Å². The van der Waals surface area contributed by atoms with E-state index in [4.69, 9.17) is 0 Å². The minimum Gasteiger partial charge on any atom is -0.358 e. The molecule has 6 saturated heterocycles. The first-order valence-electron chi connectivity index (χ1n) is 34.1. The summed E-state index contributed by atoms with van der Waals surface area (Å²) < 4.78 is 15.1. The van der Waals surface area contributed by atoms with Crippen molar-refractivity contribution < 1.29 is 36.3 Å². The van der Waals surface area contributed by atoms with Crippen molar-refractivity contribution in [3.8, 4) is 11.1 Å². The van der Waals surface area contributed by atoms with Gasteiger partial charge in [-0.2, -0.15) is 4.57 Å². The molecule has 7 aromatic rings. The second kappa shape index (κ2) is 46.7. The van der Waals surface area contributed by atoms with Crippen molar-refractivity contribution >= 4 is 21.7 Å². The number of hydrogen-bond acceptors (Lipinski definition) is 0. The lowest BCUT2D eigenvalue weighted by Crippen LogP contribution is -2.78. The zero-order valence-electron chi connectivity index (χ0n) is 69.3. The molecule has 11 heterocycles. The molecule has 6 aliphatic rings. The molecule has 0 N–H and O–H groups in total. The SMILES string of the molecule is CC.CC.CC.CC.CC(C)(C)[N+]12CCC(CC1)CC2.CC(C)(C)[N+]12CC[N+](C)(CC1)CC2.CC(C)(C)[n+]1ccc2ccccc2c1.CC(C)(C)[n+]1cccc2ccccc21.CC(C)(C)[n+]1ccccc1.CC(C)[n+]1ccc(-c2cc[n+](C)cc2)cc1.[CH3-].[CH3-].[CH3-].[CH3-].[CH3-].[CH3-].[CH3-].[CH3-]. The van der Waals surface area contributed by atoms with Crippen molar-refractivity contribution in [2.75, 3.05) is 66.0 Å². The van der Waals surface area contributed by atoms with Crippen molar-refractivity contribution in [2.24, 2.45) is 13.0 Å². The van der Waals surface area contributed by atoms with E-state index in [-0.39, 0.29) is 76.0 Å². The van der Waals surface area contributed by atoms with Gasteiger partial charge in [-0.3, -0.25) is 0 Å². The Balaban J connectivity index is -0.000000189. The molecule has 8 heteroatoms. The lowest BCUT2D eigenvalue weighted by Gasteiger charge is -2.59. The van der Waals surface area contributed by atoms with Crippen molar-refractivity contribution in [1.29, 1.82) is 0 Å². The molecule has 95 heavy (non-hydrogen) atoms. The minimum absolute atomic E-state index is 0. The van der Waals surface area contributed by atoms with Crippen LogP contribution in [0.15, 0.2) is 165 Å². The first-order chi connectivity index (χ1) is 40.8. The summed E-state index contributed by atoms with van der Waals surface area (Å²) in [6.45, 7) is 67.5. The number of nitrogens with zero attached hydrogens (tertiary/aromatic N) is 8. The Morgan fingerprint density at radius 1 is 0.358 bits per heavy atom. The molecular weight excluding hydrogens is 1160 g/mol. The smallest absolute Gasteiger partial charge is 0.212 e. The predicted molar refractivity (Wildman–Crippen MR) is 428 cm³/mol. The molecule has 0 atom stereocenters. The summed E-state index contributed by atoms with van der Waals surface area (Å²) in [7, 11) is 4.46. The Hall–Kier alpha value is -5.41. The van der Waals surface area contributed by atoms with Crippen LogP contribution >= 0.6 is 0 Å². The predicted octanol–water partition coefficient (Wildman–Crippen LogP) is 20.7. The average molecular weight is 1320 g/mol. The van der Waals surface area contributed by atoms with Gasteiger partial charge in [0.05, 0.1) is 37.8 Å². The van der Waals surface area contributed by atoms with Crippen LogP contribution in [-0.4, -0.2) is 90.5 Å². The van der Waals surface area contributed by atoms with Crippen LogP contribution in [0.2, 0.25) is 0 Å². The van der Waals surface area contributed by atoms with Crippen LogP contribution in [-0.2, 0) is 23.7 Å². The fourth-order valence-electron chi connectivity index (χ4n) is 11.9. The summed E-state index contributed by atoms with van der Waals surface area (Å²) in [5, 5.41) is 3.89. The maximum Gasteiger partial charge on any atom is 0.212 e. The van der Waals surface area contributed by atoms with Crippen LogP contribution < -0.4 is 22.8 Å². The monoisotopic (exact) mass is 1320 g/mol. The van der Waals surface area contributed by atoms with Gasteiger partial charge in [0.15, 0.2) is 78.4 Å².